The lowest BCUT2D eigenvalue weighted by atomic mass is 9.99. The van der Waals surface area contributed by atoms with Gasteiger partial charge in [0.2, 0.25) is 0 Å². The summed E-state index contributed by atoms with van der Waals surface area (Å²) in [6.45, 7) is 6.35. The number of hydrogen-bond acceptors (Lipinski definition) is 2. The lowest BCUT2D eigenvalue weighted by Gasteiger charge is -2.14. The minimum atomic E-state index is 0.0184. The normalized spacial score (nSPS) is 12.0. The molecular formula is C18H22N2O. The van der Waals surface area contributed by atoms with Gasteiger partial charge in [0.25, 0.3) is 0 Å². The lowest BCUT2D eigenvalue weighted by molar-refractivity contribution is 0.477. The first-order chi connectivity index (χ1) is 10.0. The maximum absolute atomic E-state index is 7.65. The van der Waals surface area contributed by atoms with E-state index in [0.717, 1.165) is 17.7 Å². The standard InChI is InChI=1S/C18H22N2O/c1-4-12(2)14-8-10-15(11-9-14)21-17-13(3)6-5-7-16(17)18(19)20/h5-12H,4H2,1-3H3,(H3,19,20). The largest absolute Gasteiger partial charge is 0.456 e. The molecular weight excluding hydrogens is 260 g/mol. The maximum atomic E-state index is 7.65. The number of para-hydroxylation sites is 1. The summed E-state index contributed by atoms with van der Waals surface area (Å²) in [5.74, 6) is 1.98. The number of rotatable bonds is 5. The predicted molar refractivity (Wildman–Crippen MR) is 87.4 cm³/mol. The van der Waals surface area contributed by atoms with Crippen molar-refractivity contribution in [2.75, 3.05) is 0 Å². The molecule has 3 N–H and O–H groups in total. The van der Waals surface area contributed by atoms with E-state index >= 15 is 0 Å². The summed E-state index contributed by atoms with van der Waals surface area (Å²) in [7, 11) is 0. The first kappa shape index (κ1) is 15.1. The number of nitrogens with one attached hydrogen (secondary N) is 1. The highest BCUT2D eigenvalue weighted by Gasteiger charge is 2.11. The molecule has 3 nitrogen and oxygen atoms in total. The summed E-state index contributed by atoms with van der Waals surface area (Å²) >= 11 is 0. The zero-order valence-electron chi connectivity index (χ0n) is 12.8. The van der Waals surface area contributed by atoms with Gasteiger partial charge in [0.1, 0.15) is 17.3 Å². The van der Waals surface area contributed by atoms with E-state index in [1.165, 1.54) is 5.56 Å². The summed E-state index contributed by atoms with van der Waals surface area (Å²) in [5.41, 5.74) is 8.52. The first-order valence-corrected chi connectivity index (χ1v) is 7.24. The Bertz CT molecular complexity index is 632. The summed E-state index contributed by atoms with van der Waals surface area (Å²) in [6.07, 6.45) is 1.12. The molecule has 0 spiro atoms. The minimum Gasteiger partial charge on any atom is -0.456 e. The van der Waals surface area contributed by atoms with Crippen LogP contribution in [0.15, 0.2) is 42.5 Å². The molecule has 2 aromatic carbocycles. The number of nitrogens with two attached hydrogens (primary N) is 1. The molecule has 0 bridgehead atoms. The van der Waals surface area contributed by atoms with Crippen LogP contribution in [0.1, 0.15) is 42.9 Å². The van der Waals surface area contributed by atoms with Gasteiger partial charge in [-0.1, -0.05) is 38.1 Å². The Morgan fingerprint density at radius 1 is 1.19 bits per heavy atom. The Balaban J connectivity index is 2.28. The van der Waals surface area contributed by atoms with Crippen LogP contribution in [0.3, 0.4) is 0 Å². The van der Waals surface area contributed by atoms with Crippen LogP contribution in [0.25, 0.3) is 0 Å². The molecule has 0 fully saturated rings. The van der Waals surface area contributed by atoms with E-state index in [-0.39, 0.29) is 5.84 Å². The number of benzene rings is 2. The van der Waals surface area contributed by atoms with Gasteiger partial charge in [-0.25, -0.2) is 0 Å². The van der Waals surface area contributed by atoms with Crippen molar-refractivity contribution in [1.29, 1.82) is 5.41 Å². The average molecular weight is 282 g/mol. The van der Waals surface area contributed by atoms with Crippen LogP contribution in [0.4, 0.5) is 0 Å². The Hall–Kier alpha value is -2.29. The highest BCUT2D eigenvalue weighted by Crippen LogP contribution is 2.30. The third-order valence-corrected chi connectivity index (χ3v) is 3.78. The van der Waals surface area contributed by atoms with Gasteiger partial charge in [-0.15, -0.1) is 0 Å². The molecule has 3 heteroatoms. The second kappa shape index (κ2) is 6.44. The van der Waals surface area contributed by atoms with Crippen LogP contribution in [0.5, 0.6) is 11.5 Å². The zero-order valence-corrected chi connectivity index (χ0v) is 12.8. The summed E-state index contributed by atoms with van der Waals surface area (Å²) < 4.78 is 5.95. The van der Waals surface area contributed by atoms with Gasteiger partial charge in [0.15, 0.2) is 0 Å². The molecule has 21 heavy (non-hydrogen) atoms. The third-order valence-electron chi connectivity index (χ3n) is 3.78. The van der Waals surface area contributed by atoms with Crippen molar-refractivity contribution in [2.45, 2.75) is 33.1 Å². The SMILES string of the molecule is CCC(C)c1ccc(Oc2c(C)cccc2C(=N)N)cc1. The second-order valence-electron chi connectivity index (χ2n) is 5.35. The number of nitrogen functional groups attached to an aromatic ring is 1. The number of ether oxygens (including phenoxy) is 1. The quantitative estimate of drug-likeness (QED) is 0.622. The molecule has 0 radical (unpaired) electrons. The van der Waals surface area contributed by atoms with Crippen LogP contribution in [-0.2, 0) is 0 Å². The van der Waals surface area contributed by atoms with Crippen molar-refractivity contribution in [2.24, 2.45) is 5.73 Å². The number of amidine groups is 1. The van der Waals surface area contributed by atoms with Crippen molar-refractivity contribution >= 4 is 5.84 Å². The van der Waals surface area contributed by atoms with Crippen LogP contribution in [-0.4, -0.2) is 5.84 Å². The predicted octanol–water partition coefficient (Wildman–Crippen LogP) is 4.58. The number of aryl methyl sites for hydroxylation is 1. The topological polar surface area (TPSA) is 59.1 Å². The van der Waals surface area contributed by atoms with Gasteiger partial charge >= 0.3 is 0 Å². The minimum absolute atomic E-state index is 0.0184. The lowest BCUT2D eigenvalue weighted by Crippen LogP contribution is -2.12. The molecule has 0 saturated carbocycles. The zero-order chi connectivity index (χ0) is 15.4. The van der Waals surface area contributed by atoms with E-state index in [0.29, 0.717) is 17.2 Å². The van der Waals surface area contributed by atoms with E-state index < -0.39 is 0 Å². The molecule has 0 aliphatic rings. The van der Waals surface area contributed by atoms with Crippen molar-refractivity contribution in [3.63, 3.8) is 0 Å². The van der Waals surface area contributed by atoms with Crippen LogP contribution in [0.2, 0.25) is 0 Å². The van der Waals surface area contributed by atoms with E-state index in [1.54, 1.807) is 6.07 Å². The molecule has 0 aliphatic carbocycles. The molecule has 1 unspecified atom stereocenters. The van der Waals surface area contributed by atoms with Gasteiger partial charge in [-0.2, -0.15) is 0 Å². The molecule has 2 aromatic rings. The monoisotopic (exact) mass is 282 g/mol. The van der Waals surface area contributed by atoms with Crippen LogP contribution in [0, 0.1) is 12.3 Å². The fourth-order valence-corrected chi connectivity index (χ4v) is 2.22. The van der Waals surface area contributed by atoms with Crippen LogP contribution >= 0.6 is 0 Å². The smallest absolute Gasteiger partial charge is 0.141 e. The summed E-state index contributed by atoms with van der Waals surface area (Å²) in [6, 6.07) is 13.8. The Morgan fingerprint density at radius 2 is 1.86 bits per heavy atom. The molecule has 1 atom stereocenters. The molecule has 0 amide bonds. The molecule has 0 aromatic heterocycles. The van der Waals surface area contributed by atoms with Crippen molar-refractivity contribution < 1.29 is 4.74 Å². The van der Waals surface area contributed by atoms with Crippen LogP contribution < -0.4 is 10.5 Å². The van der Waals surface area contributed by atoms with Crippen molar-refractivity contribution in [3.8, 4) is 11.5 Å². The van der Waals surface area contributed by atoms with Gasteiger partial charge in [0, 0.05) is 0 Å². The number of hydrogen-bond donors (Lipinski definition) is 2. The van der Waals surface area contributed by atoms with Gasteiger partial charge < -0.3 is 10.5 Å². The van der Waals surface area contributed by atoms with Crippen molar-refractivity contribution in [3.05, 3.63) is 59.2 Å². The highest BCUT2D eigenvalue weighted by molar-refractivity contribution is 5.98. The fraction of sp³-hybridized carbons (Fsp3) is 0.278. The Morgan fingerprint density at radius 3 is 2.43 bits per heavy atom. The van der Waals surface area contributed by atoms with Gasteiger partial charge in [0.05, 0.1) is 5.56 Å². The van der Waals surface area contributed by atoms with E-state index in [2.05, 4.69) is 26.0 Å². The molecule has 0 saturated heterocycles. The van der Waals surface area contributed by atoms with Crippen molar-refractivity contribution in [1.82, 2.24) is 0 Å². The van der Waals surface area contributed by atoms with E-state index in [4.69, 9.17) is 15.9 Å². The Kier molecular flexibility index (Phi) is 4.63. The van der Waals surface area contributed by atoms with E-state index in [9.17, 15) is 0 Å². The van der Waals surface area contributed by atoms with Gasteiger partial charge in [-0.3, -0.25) is 5.41 Å². The molecule has 110 valence electrons. The fourth-order valence-electron chi connectivity index (χ4n) is 2.22. The Labute approximate surface area is 126 Å². The highest BCUT2D eigenvalue weighted by atomic mass is 16.5. The molecule has 0 heterocycles. The third kappa shape index (κ3) is 3.43. The maximum Gasteiger partial charge on any atom is 0.141 e. The average Bonchev–Trinajstić information content (AvgIpc) is 2.49. The second-order valence-corrected chi connectivity index (χ2v) is 5.35. The van der Waals surface area contributed by atoms with E-state index in [1.807, 2.05) is 31.2 Å². The molecule has 0 aliphatic heterocycles. The first-order valence-electron chi connectivity index (χ1n) is 7.24. The molecule has 2 rings (SSSR count). The summed E-state index contributed by atoms with van der Waals surface area (Å²) in [5, 5.41) is 7.65. The summed E-state index contributed by atoms with van der Waals surface area (Å²) in [4.78, 5) is 0. The van der Waals surface area contributed by atoms with Gasteiger partial charge in [-0.05, 0) is 48.6 Å².